The summed E-state index contributed by atoms with van der Waals surface area (Å²) in [5.74, 6) is -1.11. The average molecular weight is 298 g/mol. The van der Waals surface area contributed by atoms with Crippen molar-refractivity contribution in [1.29, 1.82) is 0 Å². The molecule has 0 radical (unpaired) electrons. The van der Waals surface area contributed by atoms with Crippen molar-refractivity contribution >= 4 is 12.0 Å². The Labute approximate surface area is 122 Å². The fourth-order valence-corrected chi connectivity index (χ4v) is 1.63. The summed E-state index contributed by atoms with van der Waals surface area (Å²) in [6, 6.07) is 4.59. The molecule has 0 unspecified atom stereocenters. The van der Waals surface area contributed by atoms with Crippen molar-refractivity contribution in [2.75, 3.05) is 0 Å². The van der Waals surface area contributed by atoms with Crippen molar-refractivity contribution in [2.24, 2.45) is 0 Å². The highest BCUT2D eigenvalue weighted by Crippen LogP contribution is 2.18. The molecule has 0 saturated heterocycles. The summed E-state index contributed by atoms with van der Waals surface area (Å²) < 4.78 is 18.0. The summed E-state index contributed by atoms with van der Waals surface area (Å²) in [5, 5.41) is 11.1. The van der Waals surface area contributed by atoms with Gasteiger partial charge < -0.3 is 10.1 Å². The molecule has 7 heteroatoms. The zero-order valence-corrected chi connectivity index (χ0v) is 12.1. The third-order valence-corrected chi connectivity index (χ3v) is 2.48. The first kappa shape index (κ1) is 16.9. The Bertz CT molecular complexity index is 497. The number of hydrogen-bond acceptors (Lipinski definition) is 4. The lowest BCUT2D eigenvalue weighted by Crippen LogP contribution is -2.37. The highest BCUT2D eigenvalue weighted by Gasteiger charge is 2.22. The minimum Gasteiger partial charge on any atom is -0.444 e. The highest BCUT2D eigenvalue weighted by atomic mass is 19.1. The minimum absolute atomic E-state index is 0.207. The maximum Gasteiger partial charge on any atom is 0.408 e. The minimum atomic E-state index is -0.743. The molecule has 1 atom stereocenters. The Hall–Kier alpha value is -2.15. The van der Waals surface area contributed by atoms with E-state index in [4.69, 9.17) is 9.94 Å². The maximum absolute atomic E-state index is 12.9. The zero-order valence-electron chi connectivity index (χ0n) is 12.1. The number of amides is 2. The second-order valence-corrected chi connectivity index (χ2v) is 5.49. The van der Waals surface area contributed by atoms with Crippen LogP contribution in [0.1, 0.15) is 38.8 Å². The van der Waals surface area contributed by atoms with Gasteiger partial charge in [-0.2, -0.15) is 0 Å². The highest BCUT2D eigenvalue weighted by molar-refractivity contribution is 5.77. The molecule has 116 valence electrons. The molecule has 3 N–H and O–H groups in total. The van der Waals surface area contributed by atoms with Gasteiger partial charge in [-0.3, -0.25) is 10.0 Å². The van der Waals surface area contributed by atoms with E-state index in [0.29, 0.717) is 5.56 Å². The van der Waals surface area contributed by atoms with Gasteiger partial charge in [0.2, 0.25) is 5.91 Å². The summed E-state index contributed by atoms with van der Waals surface area (Å²) in [7, 11) is 0. The molecule has 21 heavy (non-hydrogen) atoms. The van der Waals surface area contributed by atoms with Gasteiger partial charge in [-0.05, 0) is 38.5 Å². The molecule has 0 bridgehead atoms. The fourth-order valence-electron chi connectivity index (χ4n) is 1.63. The van der Waals surface area contributed by atoms with E-state index in [1.807, 2.05) is 0 Å². The Kier molecular flexibility index (Phi) is 5.66. The number of ether oxygens (including phenoxy) is 1. The largest absolute Gasteiger partial charge is 0.444 e. The van der Waals surface area contributed by atoms with E-state index in [2.05, 4.69) is 5.32 Å². The van der Waals surface area contributed by atoms with Gasteiger partial charge in [-0.15, -0.1) is 0 Å². The average Bonchev–Trinajstić information content (AvgIpc) is 2.36. The quantitative estimate of drug-likeness (QED) is 0.588. The predicted molar refractivity (Wildman–Crippen MR) is 73.1 cm³/mol. The normalized spacial score (nSPS) is 12.4. The molecule has 0 fully saturated rings. The third-order valence-electron chi connectivity index (χ3n) is 2.48. The number of halogens is 1. The Morgan fingerprint density at radius 3 is 2.33 bits per heavy atom. The first-order valence-corrected chi connectivity index (χ1v) is 6.39. The van der Waals surface area contributed by atoms with Gasteiger partial charge in [-0.1, -0.05) is 12.1 Å². The molecule has 2 amide bonds. The summed E-state index contributed by atoms with van der Waals surface area (Å²) >= 11 is 0. The molecule has 0 aliphatic carbocycles. The van der Waals surface area contributed by atoms with E-state index >= 15 is 0 Å². The topological polar surface area (TPSA) is 87.7 Å². The molecule has 0 aliphatic rings. The van der Waals surface area contributed by atoms with Gasteiger partial charge in [0.05, 0.1) is 12.5 Å². The van der Waals surface area contributed by atoms with Crippen LogP contribution in [-0.4, -0.2) is 22.8 Å². The van der Waals surface area contributed by atoms with Gasteiger partial charge in [0.25, 0.3) is 0 Å². The molecular formula is C14H19FN2O4. The monoisotopic (exact) mass is 298 g/mol. The third kappa shape index (κ3) is 6.22. The van der Waals surface area contributed by atoms with E-state index in [9.17, 15) is 14.0 Å². The van der Waals surface area contributed by atoms with Gasteiger partial charge in [0.15, 0.2) is 0 Å². The molecule has 6 nitrogen and oxygen atoms in total. The van der Waals surface area contributed by atoms with Crippen LogP contribution in [0, 0.1) is 5.82 Å². The molecule has 1 aromatic rings. The van der Waals surface area contributed by atoms with Crippen molar-refractivity contribution in [1.82, 2.24) is 10.8 Å². The van der Waals surface area contributed by atoms with Gasteiger partial charge >= 0.3 is 6.09 Å². The first-order chi connectivity index (χ1) is 9.71. The molecule has 1 aromatic carbocycles. The van der Waals surface area contributed by atoms with Crippen molar-refractivity contribution in [3.63, 3.8) is 0 Å². The number of hydrogen-bond donors (Lipinski definition) is 3. The number of alkyl carbamates (subject to hydrolysis) is 1. The number of hydroxylamine groups is 1. The van der Waals surface area contributed by atoms with Crippen LogP contribution in [0.2, 0.25) is 0 Å². The van der Waals surface area contributed by atoms with Crippen molar-refractivity contribution in [2.45, 2.75) is 38.8 Å². The van der Waals surface area contributed by atoms with Crippen molar-refractivity contribution < 1.29 is 23.9 Å². The Balaban J connectivity index is 2.84. The van der Waals surface area contributed by atoms with Crippen LogP contribution in [0.25, 0.3) is 0 Å². The maximum atomic E-state index is 12.9. The van der Waals surface area contributed by atoms with Gasteiger partial charge in [-0.25, -0.2) is 14.7 Å². The lowest BCUT2D eigenvalue weighted by molar-refractivity contribution is -0.129. The van der Waals surface area contributed by atoms with E-state index < -0.39 is 29.5 Å². The lowest BCUT2D eigenvalue weighted by atomic mass is 10.0. The first-order valence-electron chi connectivity index (χ1n) is 6.39. The van der Waals surface area contributed by atoms with Gasteiger partial charge in [0.1, 0.15) is 11.4 Å². The molecule has 1 rings (SSSR count). The van der Waals surface area contributed by atoms with Crippen LogP contribution in [-0.2, 0) is 9.53 Å². The van der Waals surface area contributed by atoms with E-state index in [1.54, 1.807) is 20.8 Å². The standard InChI is InChI=1S/C14H19FN2O4/c1-14(2,3)21-13(19)16-11(8-12(18)17-20)9-4-6-10(15)7-5-9/h4-7,11,20H,8H2,1-3H3,(H,16,19)(H,17,18)/t11-/m1/s1. The zero-order chi connectivity index (χ0) is 16.0. The van der Waals surface area contributed by atoms with Crippen LogP contribution in [0.5, 0.6) is 0 Å². The number of nitrogens with one attached hydrogen (secondary N) is 2. The second kappa shape index (κ2) is 7.03. The predicted octanol–water partition coefficient (Wildman–Crippen LogP) is 2.29. The summed E-state index contributed by atoms with van der Waals surface area (Å²) in [5.41, 5.74) is 1.33. The van der Waals surface area contributed by atoms with E-state index in [-0.39, 0.29) is 6.42 Å². The summed E-state index contributed by atoms with van der Waals surface area (Å²) in [6.45, 7) is 5.12. The fraction of sp³-hybridized carbons (Fsp3) is 0.429. The van der Waals surface area contributed by atoms with Crippen LogP contribution < -0.4 is 10.8 Å². The molecule has 0 heterocycles. The number of carbonyl (C=O) groups is 2. The number of rotatable bonds is 4. The molecule has 0 spiro atoms. The molecule has 0 aromatic heterocycles. The van der Waals surface area contributed by atoms with Crippen molar-refractivity contribution in [3.05, 3.63) is 35.6 Å². The molecular weight excluding hydrogens is 279 g/mol. The summed E-state index contributed by atoms with van der Waals surface area (Å²) in [6.07, 6.45) is -0.913. The SMILES string of the molecule is CC(C)(C)OC(=O)N[C@H](CC(=O)NO)c1ccc(F)cc1. The Morgan fingerprint density at radius 1 is 1.29 bits per heavy atom. The lowest BCUT2D eigenvalue weighted by Gasteiger charge is -2.23. The van der Waals surface area contributed by atoms with E-state index in [0.717, 1.165) is 0 Å². The summed E-state index contributed by atoms with van der Waals surface area (Å²) in [4.78, 5) is 23.1. The van der Waals surface area contributed by atoms with Crippen LogP contribution >= 0.6 is 0 Å². The Morgan fingerprint density at radius 2 is 1.86 bits per heavy atom. The smallest absolute Gasteiger partial charge is 0.408 e. The number of benzene rings is 1. The second-order valence-electron chi connectivity index (χ2n) is 5.49. The van der Waals surface area contributed by atoms with Crippen LogP contribution in [0.3, 0.4) is 0 Å². The van der Waals surface area contributed by atoms with Gasteiger partial charge in [0, 0.05) is 0 Å². The number of carbonyl (C=O) groups excluding carboxylic acids is 2. The van der Waals surface area contributed by atoms with Crippen LogP contribution in [0.15, 0.2) is 24.3 Å². The van der Waals surface area contributed by atoms with Crippen LogP contribution in [0.4, 0.5) is 9.18 Å². The van der Waals surface area contributed by atoms with Crippen molar-refractivity contribution in [3.8, 4) is 0 Å². The molecule has 0 saturated carbocycles. The molecule has 0 aliphatic heterocycles. The van der Waals surface area contributed by atoms with E-state index in [1.165, 1.54) is 29.7 Å².